The van der Waals surface area contributed by atoms with Gasteiger partial charge in [0.2, 0.25) is 0 Å². The van der Waals surface area contributed by atoms with E-state index in [2.05, 4.69) is 22.8 Å². The summed E-state index contributed by atoms with van der Waals surface area (Å²) in [5.41, 5.74) is -0.613. The van der Waals surface area contributed by atoms with Gasteiger partial charge in [0, 0.05) is 26.7 Å². The number of amides is 1. The number of nitrogens with zero attached hydrogens (tertiary/aromatic N) is 1. The summed E-state index contributed by atoms with van der Waals surface area (Å²) in [7, 11) is 0. The van der Waals surface area contributed by atoms with E-state index in [1.807, 2.05) is 32.1 Å². The van der Waals surface area contributed by atoms with Crippen LogP contribution in [0, 0.1) is 0 Å². The number of nitrogens with one attached hydrogen (secondary N) is 1. The molecule has 0 spiro atoms. The van der Waals surface area contributed by atoms with E-state index in [0.29, 0.717) is 10.9 Å². The number of carbonyl (C=O) groups is 1. The highest BCUT2D eigenvalue weighted by Gasteiger charge is 2.41. The molecule has 158 valence electrons. The molecule has 29 heavy (non-hydrogen) atoms. The molecule has 4 nitrogen and oxygen atoms in total. The zero-order valence-electron chi connectivity index (χ0n) is 16.9. The normalized spacial score (nSPS) is 27.5. The molecule has 3 heterocycles. The zero-order valence-corrected chi connectivity index (χ0v) is 19.4. The first-order valence-corrected chi connectivity index (χ1v) is 12.2. The molecule has 1 saturated carbocycles. The number of fused-ring (bicyclic) bond motifs is 1. The summed E-state index contributed by atoms with van der Waals surface area (Å²) in [6.07, 6.45) is 1.86. The van der Waals surface area contributed by atoms with Gasteiger partial charge in [0.05, 0.1) is 17.6 Å². The first-order chi connectivity index (χ1) is 13.7. The van der Waals surface area contributed by atoms with Crippen molar-refractivity contribution in [2.75, 3.05) is 6.54 Å². The van der Waals surface area contributed by atoms with Crippen LogP contribution < -0.4 is 5.32 Å². The fourth-order valence-electron chi connectivity index (χ4n) is 4.21. The van der Waals surface area contributed by atoms with E-state index >= 15 is 0 Å². The molecule has 2 aliphatic rings. The number of rotatable bonds is 3. The molecule has 4 atom stereocenters. The third kappa shape index (κ3) is 4.75. The first kappa shape index (κ1) is 21.0. The lowest BCUT2D eigenvalue weighted by Gasteiger charge is -2.29. The Bertz CT molecular complexity index is 875. The van der Waals surface area contributed by atoms with Crippen LogP contribution in [0.4, 0.5) is 9.18 Å². The molecular formula is C21H27FN2O2S3. The predicted molar refractivity (Wildman–Crippen MR) is 122 cm³/mol. The third-order valence-electron chi connectivity index (χ3n) is 5.52. The van der Waals surface area contributed by atoms with Crippen LogP contribution in [-0.4, -0.2) is 46.4 Å². The predicted octanol–water partition coefficient (Wildman–Crippen LogP) is 5.86. The lowest BCUT2D eigenvalue weighted by Crippen LogP contribution is -2.48. The van der Waals surface area contributed by atoms with E-state index in [-0.39, 0.29) is 19.0 Å². The molecule has 4 rings (SSSR count). The first-order valence-electron chi connectivity index (χ1n) is 10.1. The maximum absolute atomic E-state index is 14.1. The molecule has 2 unspecified atom stereocenters. The Morgan fingerprint density at radius 2 is 2.10 bits per heavy atom. The number of hydrogen-bond donors (Lipinski definition) is 1. The van der Waals surface area contributed by atoms with Crippen LogP contribution in [0.3, 0.4) is 0 Å². The summed E-state index contributed by atoms with van der Waals surface area (Å²) >= 11 is 9.29. The van der Waals surface area contributed by atoms with Gasteiger partial charge < -0.3 is 10.1 Å². The second kappa shape index (κ2) is 8.12. The van der Waals surface area contributed by atoms with Crippen LogP contribution >= 0.6 is 34.9 Å². The van der Waals surface area contributed by atoms with Gasteiger partial charge in [0.25, 0.3) is 0 Å². The van der Waals surface area contributed by atoms with Crippen molar-refractivity contribution in [3.63, 3.8) is 0 Å². The van der Waals surface area contributed by atoms with Crippen LogP contribution in [0.25, 0.3) is 9.40 Å². The number of hydrogen-bond acceptors (Lipinski definition) is 5. The highest BCUT2D eigenvalue weighted by molar-refractivity contribution is 7.80. The van der Waals surface area contributed by atoms with Crippen molar-refractivity contribution in [1.29, 1.82) is 0 Å². The molecule has 0 bridgehead atoms. The van der Waals surface area contributed by atoms with Gasteiger partial charge in [0.1, 0.15) is 11.8 Å². The number of halogens is 1. The third-order valence-corrected chi connectivity index (χ3v) is 8.17. The van der Waals surface area contributed by atoms with Crippen molar-refractivity contribution in [3.8, 4) is 0 Å². The lowest BCUT2D eigenvalue weighted by molar-refractivity contribution is 0.0255. The molecule has 2 aromatic heterocycles. The summed E-state index contributed by atoms with van der Waals surface area (Å²) in [5, 5.41) is 5.58. The van der Waals surface area contributed by atoms with Gasteiger partial charge in [-0.1, -0.05) is 12.2 Å². The van der Waals surface area contributed by atoms with Gasteiger partial charge in [-0.3, -0.25) is 4.90 Å². The Balaban J connectivity index is 1.36. The molecule has 1 aliphatic heterocycles. The summed E-state index contributed by atoms with van der Waals surface area (Å²) < 4.78 is 22.3. The van der Waals surface area contributed by atoms with Gasteiger partial charge in [-0.05, 0) is 63.5 Å². The van der Waals surface area contributed by atoms with Gasteiger partial charge in [-0.15, -0.1) is 22.7 Å². The minimum Gasteiger partial charge on any atom is -0.444 e. The van der Waals surface area contributed by atoms with E-state index in [0.717, 1.165) is 19.3 Å². The second-order valence-corrected chi connectivity index (χ2v) is 11.5. The summed E-state index contributed by atoms with van der Waals surface area (Å²) in [6, 6.07) is 4.35. The van der Waals surface area contributed by atoms with Crippen molar-refractivity contribution >= 4 is 55.4 Å². The fraction of sp³-hybridized carbons (Fsp3) is 0.619. The highest BCUT2D eigenvalue weighted by atomic mass is 32.1. The lowest BCUT2D eigenvalue weighted by atomic mass is 10.1. The number of alkyl halides is 1. The SMILES string of the molecule is CC(C)(C)OC(=O)N1C[C@H](F)C[C@H]1C(=S)NC1CCC(c2cc3sccc3s2)C1. The highest BCUT2D eigenvalue weighted by Crippen LogP contribution is 2.41. The quantitative estimate of drug-likeness (QED) is 0.590. The standard InChI is InChI=1S/C21H27FN2O2S3/c1-21(2,3)26-20(25)24-11-13(22)9-15(24)19(27)23-14-5-4-12(8-14)17-10-18-16(29-17)6-7-28-18/h6-7,10,12-15H,4-5,8-9,11H2,1-3H3,(H,23,27)/t12?,13-,14?,15+/m1/s1. The van der Waals surface area contributed by atoms with Crippen LogP contribution in [0.5, 0.6) is 0 Å². The Labute approximate surface area is 184 Å². The number of likely N-dealkylation sites (tertiary alicyclic amines) is 1. The van der Waals surface area contributed by atoms with Crippen molar-refractivity contribution in [2.45, 2.75) is 76.2 Å². The van der Waals surface area contributed by atoms with E-state index in [9.17, 15) is 9.18 Å². The molecule has 1 N–H and O–H groups in total. The average Bonchev–Trinajstić information content (AvgIpc) is 3.34. The summed E-state index contributed by atoms with van der Waals surface area (Å²) in [5.74, 6) is 0.541. The average molecular weight is 455 g/mol. The molecule has 0 radical (unpaired) electrons. The van der Waals surface area contributed by atoms with Gasteiger partial charge >= 0.3 is 6.09 Å². The van der Waals surface area contributed by atoms with E-state index < -0.39 is 23.9 Å². The van der Waals surface area contributed by atoms with Gasteiger partial charge in [-0.2, -0.15) is 0 Å². The number of carbonyl (C=O) groups excluding carboxylic acids is 1. The van der Waals surface area contributed by atoms with Crippen molar-refractivity contribution in [3.05, 3.63) is 22.4 Å². The fourth-order valence-corrected chi connectivity index (χ4v) is 6.87. The van der Waals surface area contributed by atoms with Gasteiger partial charge in [-0.25, -0.2) is 9.18 Å². The summed E-state index contributed by atoms with van der Waals surface area (Å²) in [6.45, 7) is 5.48. The Morgan fingerprint density at radius 3 is 2.83 bits per heavy atom. The Kier molecular flexibility index (Phi) is 5.88. The minimum absolute atomic E-state index is 0.0423. The monoisotopic (exact) mass is 454 g/mol. The molecule has 2 fully saturated rings. The van der Waals surface area contributed by atoms with Crippen LogP contribution in [0.1, 0.15) is 57.2 Å². The Hall–Kier alpha value is -1.25. The molecule has 0 aromatic carbocycles. The Morgan fingerprint density at radius 1 is 1.31 bits per heavy atom. The van der Waals surface area contributed by atoms with Crippen LogP contribution in [0.15, 0.2) is 17.5 Å². The van der Waals surface area contributed by atoms with Crippen molar-refractivity contribution in [1.82, 2.24) is 10.2 Å². The number of thiocarbonyl (C=S) groups is 1. The topological polar surface area (TPSA) is 41.6 Å². The van der Waals surface area contributed by atoms with Crippen molar-refractivity contribution in [2.24, 2.45) is 0 Å². The number of thiophene rings is 2. The molecular weight excluding hydrogens is 427 g/mol. The second-order valence-electron chi connectivity index (χ2n) is 8.99. The van der Waals surface area contributed by atoms with Crippen molar-refractivity contribution < 1.29 is 13.9 Å². The maximum atomic E-state index is 14.1. The molecule has 1 amide bonds. The molecule has 8 heteroatoms. The van der Waals surface area contributed by atoms with E-state index in [1.165, 1.54) is 19.2 Å². The van der Waals surface area contributed by atoms with E-state index in [1.54, 1.807) is 11.3 Å². The van der Waals surface area contributed by atoms with E-state index in [4.69, 9.17) is 17.0 Å². The zero-order chi connectivity index (χ0) is 20.8. The minimum atomic E-state index is -1.07. The summed E-state index contributed by atoms with van der Waals surface area (Å²) in [4.78, 5) is 16.0. The maximum Gasteiger partial charge on any atom is 0.410 e. The van der Waals surface area contributed by atoms with Gasteiger partial charge in [0.15, 0.2) is 0 Å². The molecule has 1 aliphatic carbocycles. The smallest absolute Gasteiger partial charge is 0.410 e. The number of ether oxygens (including phenoxy) is 1. The molecule has 1 saturated heterocycles. The molecule has 2 aromatic rings. The van der Waals surface area contributed by atoms with Crippen LogP contribution in [-0.2, 0) is 4.74 Å². The van der Waals surface area contributed by atoms with Crippen LogP contribution in [0.2, 0.25) is 0 Å². The largest absolute Gasteiger partial charge is 0.444 e.